The molecule has 124 valence electrons. The number of ether oxygens (including phenoxy) is 1. The molecular formula is C17H15FN2O4. The number of hydrogen-bond donors (Lipinski definition) is 2. The Morgan fingerprint density at radius 1 is 1.04 bits per heavy atom. The Morgan fingerprint density at radius 3 is 2.50 bits per heavy atom. The predicted molar refractivity (Wildman–Crippen MR) is 83.5 cm³/mol. The lowest BCUT2D eigenvalue weighted by Gasteiger charge is -2.08. The summed E-state index contributed by atoms with van der Waals surface area (Å²) >= 11 is 0. The summed E-state index contributed by atoms with van der Waals surface area (Å²) in [6.45, 7) is 1.24. The highest BCUT2D eigenvalue weighted by atomic mass is 19.1. The molecule has 0 aliphatic carbocycles. The van der Waals surface area contributed by atoms with Gasteiger partial charge in [0.1, 0.15) is 5.82 Å². The number of esters is 1. The second-order valence-corrected chi connectivity index (χ2v) is 4.93. The molecule has 2 rings (SSSR count). The van der Waals surface area contributed by atoms with Crippen LogP contribution in [0.4, 0.5) is 4.39 Å². The Morgan fingerprint density at radius 2 is 1.79 bits per heavy atom. The fourth-order valence-electron chi connectivity index (χ4n) is 1.86. The number of hydrazine groups is 1. The van der Waals surface area contributed by atoms with E-state index < -0.39 is 30.2 Å². The number of hydrogen-bond acceptors (Lipinski definition) is 4. The van der Waals surface area contributed by atoms with E-state index >= 15 is 0 Å². The number of halogens is 1. The number of benzene rings is 2. The molecule has 2 aromatic carbocycles. The van der Waals surface area contributed by atoms with Gasteiger partial charge in [0.05, 0.1) is 11.1 Å². The van der Waals surface area contributed by atoms with Crippen LogP contribution in [0.25, 0.3) is 0 Å². The molecule has 0 radical (unpaired) electrons. The zero-order valence-corrected chi connectivity index (χ0v) is 12.8. The van der Waals surface area contributed by atoms with Gasteiger partial charge in [0.25, 0.3) is 11.8 Å². The van der Waals surface area contributed by atoms with E-state index in [4.69, 9.17) is 4.74 Å². The Bertz CT molecular complexity index is 777. The van der Waals surface area contributed by atoms with Crippen LogP contribution in [-0.2, 0) is 9.53 Å². The third kappa shape index (κ3) is 4.64. The molecule has 6 nitrogen and oxygen atoms in total. The van der Waals surface area contributed by atoms with E-state index in [1.165, 1.54) is 18.2 Å². The number of aryl methyl sites for hydroxylation is 1. The van der Waals surface area contributed by atoms with Crippen LogP contribution in [0.1, 0.15) is 26.3 Å². The molecule has 2 aromatic rings. The van der Waals surface area contributed by atoms with Crippen LogP contribution in [0, 0.1) is 12.7 Å². The van der Waals surface area contributed by atoms with Crippen molar-refractivity contribution < 1.29 is 23.5 Å². The van der Waals surface area contributed by atoms with E-state index in [-0.39, 0.29) is 5.56 Å². The summed E-state index contributed by atoms with van der Waals surface area (Å²) in [4.78, 5) is 35.0. The molecule has 24 heavy (non-hydrogen) atoms. The molecule has 2 amide bonds. The van der Waals surface area contributed by atoms with Gasteiger partial charge in [-0.2, -0.15) is 0 Å². The van der Waals surface area contributed by atoms with Gasteiger partial charge in [0, 0.05) is 0 Å². The number of carbonyl (C=O) groups excluding carboxylic acids is 3. The van der Waals surface area contributed by atoms with E-state index in [2.05, 4.69) is 0 Å². The van der Waals surface area contributed by atoms with E-state index in [0.717, 1.165) is 11.6 Å². The molecular weight excluding hydrogens is 315 g/mol. The average Bonchev–Trinajstić information content (AvgIpc) is 2.58. The van der Waals surface area contributed by atoms with Gasteiger partial charge in [-0.1, -0.05) is 29.8 Å². The van der Waals surface area contributed by atoms with Gasteiger partial charge in [-0.15, -0.1) is 0 Å². The SMILES string of the molecule is Cc1cccc(C(=O)OCC(=O)NNC(=O)c2ccccc2F)c1. The molecule has 0 unspecified atom stereocenters. The summed E-state index contributed by atoms with van der Waals surface area (Å²) in [5.74, 6) is -2.93. The molecule has 0 atom stereocenters. The molecule has 0 saturated heterocycles. The summed E-state index contributed by atoms with van der Waals surface area (Å²) in [6.07, 6.45) is 0. The smallest absolute Gasteiger partial charge is 0.338 e. The van der Waals surface area contributed by atoms with Crippen molar-refractivity contribution in [2.45, 2.75) is 6.92 Å². The minimum absolute atomic E-state index is 0.213. The van der Waals surface area contributed by atoms with Gasteiger partial charge in [-0.3, -0.25) is 20.4 Å². The molecule has 0 aliphatic rings. The predicted octanol–water partition coefficient (Wildman–Crippen LogP) is 1.75. The van der Waals surface area contributed by atoms with Crippen molar-refractivity contribution in [2.75, 3.05) is 6.61 Å². The van der Waals surface area contributed by atoms with E-state index in [1.54, 1.807) is 18.2 Å². The molecule has 0 aromatic heterocycles. The molecule has 0 fully saturated rings. The first kappa shape index (κ1) is 17.1. The van der Waals surface area contributed by atoms with Crippen LogP contribution in [-0.4, -0.2) is 24.4 Å². The van der Waals surface area contributed by atoms with Crippen LogP contribution < -0.4 is 10.9 Å². The van der Waals surface area contributed by atoms with Crippen molar-refractivity contribution >= 4 is 17.8 Å². The maximum atomic E-state index is 13.4. The molecule has 0 saturated carbocycles. The van der Waals surface area contributed by atoms with Gasteiger partial charge in [-0.25, -0.2) is 9.18 Å². The van der Waals surface area contributed by atoms with Gasteiger partial charge >= 0.3 is 5.97 Å². The molecule has 0 heterocycles. The Balaban J connectivity index is 1.80. The lowest BCUT2D eigenvalue weighted by molar-refractivity contribution is -0.125. The van der Waals surface area contributed by atoms with Crippen LogP contribution >= 0.6 is 0 Å². The maximum Gasteiger partial charge on any atom is 0.338 e. The molecule has 0 aliphatic heterocycles. The highest BCUT2D eigenvalue weighted by Gasteiger charge is 2.13. The van der Waals surface area contributed by atoms with Crippen molar-refractivity contribution in [1.82, 2.24) is 10.9 Å². The minimum Gasteiger partial charge on any atom is -0.452 e. The first-order chi connectivity index (χ1) is 11.5. The lowest BCUT2D eigenvalue weighted by Crippen LogP contribution is -2.43. The summed E-state index contributed by atoms with van der Waals surface area (Å²) in [6, 6.07) is 12.0. The first-order valence-corrected chi connectivity index (χ1v) is 7.05. The number of nitrogens with one attached hydrogen (secondary N) is 2. The molecule has 0 bridgehead atoms. The van der Waals surface area contributed by atoms with Gasteiger partial charge < -0.3 is 4.74 Å². The fraction of sp³-hybridized carbons (Fsp3) is 0.118. The van der Waals surface area contributed by atoms with E-state index in [0.29, 0.717) is 5.56 Å². The van der Waals surface area contributed by atoms with Gasteiger partial charge in [-0.05, 0) is 31.2 Å². The number of amides is 2. The molecule has 2 N–H and O–H groups in total. The standard InChI is InChI=1S/C17H15FN2O4/c1-11-5-4-6-12(9-11)17(23)24-10-15(21)19-20-16(22)13-7-2-3-8-14(13)18/h2-9H,10H2,1H3,(H,19,21)(H,20,22). The first-order valence-electron chi connectivity index (χ1n) is 7.05. The highest BCUT2D eigenvalue weighted by molar-refractivity contribution is 5.96. The average molecular weight is 330 g/mol. The van der Waals surface area contributed by atoms with Crippen molar-refractivity contribution in [3.05, 3.63) is 71.0 Å². The second-order valence-electron chi connectivity index (χ2n) is 4.93. The normalized spacial score (nSPS) is 9.92. The fourth-order valence-corrected chi connectivity index (χ4v) is 1.86. The maximum absolute atomic E-state index is 13.4. The van der Waals surface area contributed by atoms with Gasteiger partial charge in [0.15, 0.2) is 6.61 Å². The van der Waals surface area contributed by atoms with Crippen LogP contribution in [0.3, 0.4) is 0 Å². The molecule has 7 heteroatoms. The Kier molecular flexibility index (Phi) is 5.62. The van der Waals surface area contributed by atoms with Crippen LogP contribution in [0.5, 0.6) is 0 Å². The summed E-state index contributed by atoms with van der Waals surface area (Å²) in [7, 11) is 0. The summed E-state index contributed by atoms with van der Waals surface area (Å²) in [5, 5.41) is 0. The minimum atomic E-state index is -0.813. The van der Waals surface area contributed by atoms with Crippen LogP contribution in [0.2, 0.25) is 0 Å². The second kappa shape index (κ2) is 7.87. The van der Waals surface area contributed by atoms with Crippen molar-refractivity contribution in [3.8, 4) is 0 Å². The number of rotatable bonds is 4. The zero-order chi connectivity index (χ0) is 17.5. The summed E-state index contributed by atoms with van der Waals surface area (Å²) < 4.78 is 18.2. The van der Waals surface area contributed by atoms with E-state index in [1.807, 2.05) is 23.8 Å². The Hall–Kier alpha value is -3.22. The van der Waals surface area contributed by atoms with Gasteiger partial charge in [0.2, 0.25) is 0 Å². The highest BCUT2D eigenvalue weighted by Crippen LogP contribution is 2.06. The van der Waals surface area contributed by atoms with Crippen molar-refractivity contribution in [3.63, 3.8) is 0 Å². The number of carbonyl (C=O) groups is 3. The lowest BCUT2D eigenvalue weighted by atomic mass is 10.1. The summed E-state index contributed by atoms with van der Waals surface area (Å²) in [5.41, 5.74) is 5.07. The Labute approximate surface area is 137 Å². The quantitative estimate of drug-likeness (QED) is 0.661. The zero-order valence-electron chi connectivity index (χ0n) is 12.8. The topological polar surface area (TPSA) is 84.5 Å². The van der Waals surface area contributed by atoms with Crippen molar-refractivity contribution in [1.29, 1.82) is 0 Å². The third-order valence-corrected chi connectivity index (χ3v) is 3.02. The third-order valence-electron chi connectivity index (χ3n) is 3.02. The largest absolute Gasteiger partial charge is 0.452 e. The van der Waals surface area contributed by atoms with Crippen LogP contribution in [0.15, 0.2) is 48.5 Å². The van der Waals surface area contributed by atoms with E-state index in [9.17, 15) is 18.8 Å². The van der Waals surface area contributed by atoms with Crippen molar-refractivity contribution in [2.24, 2.45) is 0 Å². The molecule has 0 spiro atoms. The monoisotopic (exact) mass is 330 g/mol.